The number of carbonyl (C=O) groups is 1. The fourth-order valence-corrected chi connectivity index (χ4v) is 3.57. The van der Waals surface area contributed by atoms with E-state index >= 15 is 0 Å². The number of halogens is 2. The molecule has 4 rings (SSSR count). The Hall–Kier alpha value is -3.89. The van der Waals surface area contributed by atoms with Crippen LogP contribution in [0.15, 0.2) is 47.3 Å². The Kier molecular flexibility index (Phi) is 6.80. The van der Waals surface area contributed by atoms with Crippen LogP contribution in [0.1, 0.15) is 21.9 Å². The van der Waals surface area contributed by atoms with Gasteiger partial charge in [0.15, 0.2) is 11.6 Å². The van der Waals surface area contributed by atoms with Crippen molar-refractivity contribution in [3.05, 3.63) is 70.0 Å². The Bertz CT molecular complexity index is 1360. The third-order valence-electron chi connectivity index (χ3n) is 4.73. The summed E-state index contributed by atoms with van der Waals surface area (Å²) in [5.74, 6) is 1.44. The first-order valence-corrected chi connectivity index (χ1v) is 10.8. The van der Waals surface area contributed by atoms with E-state index in [9.17, 15) is 9.90 Å². The van der Waals surface area contributed by atoms with Crippen LogP contribution in [0.5, 0.6) is 0 Å². The normalized spacial score (nSPS) is 10.7. The number of furan rings is 1. The van der Waals surface area contributed by atoms with Crippen molar-refractivity contribution in [2.75, 3.05) is 23.0 Å². The van der Waals surface area contributed by atoms with Gasteiger partial charge in [-0.1, -0.05) is 23.2 Å². The van der Waals surface area contributed by atoms with Crippen LogP contribution >= 0.6 is 23.2 Å². The van der Waals surface area contributed by atoms with Crippen LogP contribution < -0.4 is 16.0 Å². The third-order valence-corrected chi connectivity index (χ3v) is 5.30. The summed E-state index contributed by atoms with van der Waals surface area (Å²) in [6, 6.07) is 8.76. The van der Waals surface area contributed by atoms with Crippen LogP contribution in [0.2, 0.25) is 10.0 Å². The van der Waals surface area contributed by atoms with Crippen molar-refractivity contribution in [2.45, 2.75) is 13.5 Å². The molecule has 0 aliphatic heterocycles. The van der Waals surface area contributed by atoms with Crippen LogP contribution in [0, 0.1) is 6.92 Å². The van der Waals surface area contributed by atoms with Gasteiger partial charge in [0.25, 0.3) is 0 Å². The summed E-state index contributed by atoms with van der Waals surface area (Å²) in [4.78, 5) is 28.2. The van der Waals surface area contributed by atoms with E-state index < -0.39 is 5.97 Å². The zero-order valence-corrected chi connectivity index (χ0v) is 19.6. The van der Waals surface area contributed by atoms with Gasteiger partial charge in [-0.25, -0.2) is 24.7 Å². The number of hydrogen-bond donors (Lipinski definition) is 4. The summed E-state index contributed by atoms with van der Waals surface area (Å²) in [6.07, 6.45) is 2.46. The maximum Gasteiger partial charge on any atom is 0.341 e. The predicted molar refractivity (Wildman–Crippen MR) is 130 cm³/mol. The smallest absolute Gasteiger partial charge is 0.341 e. The number of aromatic carboxylic acids is 1. The molecule has 0 atom stereocenters. The topological polar surface area (TPSA) is 138 Å². The highest BCUT2D eigenvalue weighted by atomic mass is 35.5. The highest BCUT2D eigenvalue weighted by Crippen LogP contribution is 2.33. The zero-order chi connectivity index (χ0) is 24.2. The first-order chi connectivity index (χ1) is 16.4. The number of benzene rings is 1. The minimum Gasteiger partial charge on any atom is -0.477 e. The van der Waals surface area contributed by atoms with Crippen molar-refractivity contribution in [3.63, 3.8) is 0 Å². The molecule has 1 aromatic carbocycles. The van der Waals surface area contributed by atoms with E-state index in [2.05, 4.69) is 35.9 Å². The molecule has 4 N–H and O–H groups in total. The Morgan fingerprint density at radius 1 is 1.12 bits per heavy atom. The first-order valence-electron chi connectivity index (χ1n) is 10.0. The van der Waals surface area contributed by atoms with Crippen LogP contribution in [0.3, 0.4) is 0 Å². The molecule has 0 amide bonds. The molecule has 0 aliphatic rings. The number of rotatable bonds is 8. The maximum absolute atomic E-state index is 11.6. The molecule has 0 spiro atoms. The Balaban J connectivity index is 1.62. The standard InChI is InChI=1S/C22H19Cl2N7O3/c1-11-29-20(25-2)18(21(30-11)31-19-15(22(32)33)9-26-10-28-19)27-8-13-4-6-17(34-13)14-7-12(23)3-5-16(14)24/h3-7,9-10,27H,8H2,1-2H3,(H,32,33)(H2,25,26,28,29,30,31). The van der Waals surface area contributed by atoms with Gasteiger partial charge in [0.1, 0.15) is 40.7 Å². The van der Waals surface area contributed by atoms with Gasteiger partial charge in [-0.05, 0) is 37.3 Å². The summed E-state index contributed by atoms with van der Waals surface area (Å²) < 4.78 is 5.95. The number of carboxylic acid groups (broad SMARTS) is 1. The van der Waals surface area contributed by atoms with E-state index in [0.717, 1.165) is 0 Å². The van der Waals surface area contributed by atoms with E-state index in [0.29, 0.717) is 50.3 Å². The van der Waals surface area contributed by atoms with Crippen LogP contribution in [-0.2, 0) is 6.54 Å². The highest BCUT2D eigenvalue weighted by molar-refractivity contribution is 6.35. The van der Waals surface area contributed by atoms with Gasteiger partial charge in [0, 0.05) is 23.8 Å². The molecule has 10 nitrogen and oxygen atoms in total. The lowest BCUT2D eigenvalue weighted by Gasteiger charge is -2.16. The molecule has 12 heteroatoms. The van der Waals surface area contributed by atoms with Crippen LogP contribution in [0.4, 0.5) is 23.1 Å². The number of hydrogen-bond acceptors (Lipinski definition) is 9. The van der Waals surface area contributed by atoms with Gasteiger partial charge >= 0.3 is 5.97 Å². The van der Waals surface area contributed by atoms with Gasteiger partial charge < -0.3 is 25.5 Å². The van der Waals surface area contributed by atoms with Crippen molar-refractivity contribution >= 4 is 52.3 Å². The summed E-state index contributed by atoms with van der Waals surface area (Å²) >= 11 is 12.4. The van der Waals surface area contributed by atoms with Crippen LogP contribution in [0.25, 0.3) is 11.3 Å². The molecule has 0 bridgehead atoms. The molecule has 0 saturated heterocycles. The molecule has 174 valence electrons. The molecular formula is C22H19Cl2N7O3. The monoisotopic (exact) mass is 499 g/mol. The maximum atomic E-state index is 11.6. The predicted octanol–water partition coefficient (Wildman–Crippen LogP) is 5.24. The molecule has 0 fully saturated rings. The fourth-order valence-electron chi connectivity index (χ4n) is 3.19. The summed E-state index contributed by atoms with van der Waals surface area (Å²) in [6.45, 7) is 2.00. The molecule has 0 saturated carbocycles. The molecular weight excluding hydrogens is 481 g/mol. The molecule has 3 aromatic heterocycles. The van der Waals surface area contributed by atoms with Crippen LogP contribution in [-0.4, -0.2) is 38.1 Å². The van der Waals surface area contributed by atoms with Crippen molar-refractivity contribution < 1.29 is 14.3 Å². The molecule has 0 aliphatic carbocycles. The van der Waals surface area contributed by atoms with E-state index in [-0.39, 0.29) is 17.9 Å². The number of anilines is 4. The van der Waals surface area contributed by atoms with Gasteiger partial charge in [-0.2, -0.15) is 0 Å². The first kappa shape index (κ1) is 23.3. The van der Waals surface area contributed by atoms with Crippen molar-refractivity contribution in [1.29, 1.82) is 0 Å². The van der Waals surface area contributed by atoms with Gasteiger partial charge in [-0.15, -0.1) is 0 Å². The van der Waals surface area contributed by atoms with Gasteiger partial charge in [-0.3, -0.25) is 0 Å². The number of carboxylic acids is 1. The number of nitrogens with zero attached hydrogens (tertiary/aromatic N) is 4. The number of nitrogens with one attached hydrogen (secondary N) is 3. The van der Waals surface area contributed by atoms with Crippen molar-refractivity contribution in [2.24, 2.45) is 0 Å². The number of aryl methyl sites for hydroxylation is 1. The Morgan fingerprint density at radius 3 is 2.68 bits per heavy atom. The number of aromatic nitrogens is 4. The van der Waals surface area contributed by atoms with Crippen molar-refractivity contribution in [1.82, 2.24) is 19.9 Å². The highest BCUT2D eigenvalue weighted by Gasteiger charge is 2.18. The Morgan fingerprint density at radius 2 is 1.91 bits per heavy atom. The lowest BCUT2D eigenvalue weighted by molar-refractivity contribution is 0.0697. The summed E-state index contributed by atoms with van der Waals surface area (Å²) in [5.41, 5.74) is 1.09. The second-order valence-electron chi connectivity index (χ2n) is 7.05. The zero-order valence-electron chi connectivity index (χ0n) is 18.1. The average molecular weight is 500 g/mol. The van der Waals surface area contributed by atoms with E-state index in [4.69, 9.17) is 27.6 Å². The largest absolute Gasteiger partial charge is 0.477 e. The summed E-state index contributed by atoms with van der Waals surface area (Å²) in [5, 5.41) is 19.7. The molecule has 4 aromatic rings. The van der Waals surface area contributed by atoms with E-state index in [1.165, 1.54) is 12.5 Å². The average Bonchev–Trinajstić information content (AvgIpc) is 3.28. The molecule has 3 heterocycles. The minimum atomic E-state index is -1.17. The second-order valence-corrected chi connectivity index (χ2v) is 7.90. The van der Waals surface area contributed by atoms with E-state index in [1.807, 2.05) is 6.07 Å². The quantitative estimate of drug-likeness (QED) is 0.254. The second kappa shape index (κ2) is 9.94. The van der Waals surface area contributed by atoms with Gasteiger partial charge in [0.2, 0.25) is 0 Å². The fraction of sp³-hybridized carbons (Fsp3) is 0.136. The molecule has 0 radical (unpaired) electrons. The van der Waals surface area contributed by atoms with E-state index in [1.54, 1.807) is 38.2 Å². The SMILES string of the molecule is CNc1nc(C)nc(Nc2ncncc2C(=O)O)c1NCc1ccc(-c2cc(Cl)ccc2Cl)o1. The Labute approximate surface area is 204 Å². The molecule has 34 heavy (non-hydrogen) atoms. The third kappa shape index (κ3) is 5.03. The van der Waals surface area contributed by atoms with Gasteiger partial charge in [0.05, 0.1) is 11.6 Å². The lowest BCUT2D eigenvalue weighted by atomic mass is 10.2. The molecule has 0 unspecified atom stereocenters. The van der Waals surface area contributed by atoms with Crippen molar-refractivity contribution in [3.8, 4) is 11.3 Å². The summed E-state index contributed by atoms with van der Waals surface area (Å²) in [7, 11) is 1.72. The lowest BCUT2D eigenvalue weighted by Crippen LogP contribution is -2.12. The minimum absolute atomic E-state index is 0.0928.